The highest BCUT2D eigenvalue weighted by atomic mass is 79.9. The molecular weight excluding hydrogens is 466 g/mol. The SMILES string of the molecule is O=C(N[C@@H]1CCNC[C@H]1F)c1cnn(-c2ccc(Br)cc2)n1.O=C(O)C(F)(F)F. The molecule has 2 aromatic rings. The number of carboxylic acid groups (broad SMARTS) is 1. The van der Waals surface area contributed by atoms with Gasteiger partial charge in [-0.15, -0.1) is 5.10 Å². The molecular formula is C16H16BrF4N5O3. The number of amides is 1. The molecule has 1 amide bonds. The summed E-state index contributed by atoms with van der Waals surface area (Å²) in [5.41, 5.74) is 0.918. The van der Waals surface area contributed by atoms with Crippen molar-refractivity contribution in [2.24, 2.45) is 0 Å². The minimum atomic E-state index is -5.08. The van der Waals surface area contributed by atoms with Crippen LogP contribution >= 0.6 is 15.9 Å². The van der Waals surface area contributed by atoms with Crippen LogP contribution < -0.4 is 10.6 Å². The molecule has 29 heavy (non-hydrogen) atoms. The Kier molecular flexibility index (Phi) is 7.67. The van der Waals surface area contributed by atoms with Gasteiger partial charge in [0.15, 0.2) is 5.69 Å². The Labute approximate surface area is 170 Å². The van der Waals surface area contributed by atoms with E-state index >= 15 is 0 Å². The second-order valence-corrected chi connectivity index (χ2v) is 6.80. The zero-order valence-corrected chi connectivity index (χ0v) is 16.2. The molecule has 13 heteroatoms. The summed E-state index contributed by atoms with van der Waals surface area (Å²) in [5.74, 6) is -3.16. The van der Waals surface area contributed by atoms with Crippen LogP contribution in [0, 0.1) is 0 Å². The number of benzene rings is 1. The van der Waals surface area contributed by atoms with Gasteiger partial charge in [0.2, 0.25) is 0 Å². The molecule has 2 atom stereocenters. The van der Waals surface area contributed by atoms with E-state index in [1.807, 2.05) is 24.3 Å². The number of rotatable bonds is 3. The average molecular weight is 482 g/mol. The number of halogens is 5. The van der Waals surface area contributed by atoms with E-state index in [9.17, 15) is 22.4 Å². The van der Waals surface area contributed by atoms with Crippen LogP contribution in [-0.2, 0) is 4.79 Å². The van der Waals surface area contributed by atoms with E-state index in [1.165, 1.54) is 11.0 Å². The lowest BCUT2D eigenvalue weighted by Crippen LogP contribution is -2.50. The standard InChI is InChI=1S/C14H15BrFN5O.C2HF3O2/c15-9-1-3-10(4-2-9)21-18-8-13(20-21)14(22)19-12-5-6-17-7-11(12)16;3-2(4,5)1(6)7/h1-4,8,11-12,17H,5-7H2,(H,19,22);(H,6,7)/t11-,12-;/m1./s1. The largest absolute Gasteiger partial charge is 0.490 e. The van der Waals surface area contributed by atoms with Crippen molar-refractivity contribution in [3.05, 3.63) is 40.6 Å². The van der Waals surface area contributed by atoms with E-state index < -0.39 is 30.3 Å². The number of nitrogens with zero attached hydrogens (tertiary/aromatic N) is 3. The van der Waals surface area contributed by atoms with Gasteiger partial charge in [-0.25, -0.2) is 9.18 Å². The number of carboxylic acids is 1. The highest BCUT2D eigenvalue weighted by Crippen LogP contribution is 2.14. The number of hydrogen-bond acceptors (Lipinski definition) is 5. The minimum absolute atomic E-state index is 0.175. The van der Waals surface area contributed by atoms with E-state index in [0.29, 0.717) is 13.0 Å². The molecule has 0 unspecified atom stereocenters. The first kappa shape index (κ1) is 22.7. The molecule has 1 fully saturated rings. The molecule has 3 rings (SSSR count). The van der Waals surface area contributed by atoms with Gasteiger partial charge in [-0.1, -0.05) is 15.9 Å². The van der Waals surface area contributed by atoms with Crippen molar-refractivity contribution in [1.29, 1.82) is 0 Å². The Morgan fingerprint density at radius 1 is 1.28 bits per heavy atom. The molecule has 1 aliphatic heterocycles. The highest BCUT2D eigenvalue weighted by Gasteiger charge is 2.38. The van der Waals surface area contributed by atoms with E-state index in [-0.39, 0.29) is 12.2 Å². The van der Waals surface area contributed by atoms with Gasteiger partial charge in [-0.05, 0) is 37.2 Å². The van der Waals surface area contributed by atoms with Crippen molar-refractivity contribution in [2.75, 3.05) is 13.1 Å². The van der Waals surface area contributed by atoms with Crippen molar-refractivity contribution < 1.29 is 32.3 Å². The summed E-state index contributed by atoms with van der Waals surface area (Å²) in [5, 5.41) is 21.0. The normalized spacial score (nSPS) is 19.1. The van der Waals surface area contributed by atoms with E-state index in [1.54, 1.807) is 0 Å². The van der Waals surface area contributed by atoms with Gasteiger partial charge in [-0.2, -0.15) is 23.1 Å². The highest BCUT2D eigenvalue weighted by molar-refractivity contribution is 9.10. The van der Waals surface area contributed by atoms with Crippen molar-refractivity contribution >= 4 is 27.8 Å². The first-order valence-corrected chi connectivity index (χ1v) is 9.01. The number of nitrogens with one attached hydrogen (secondary N) is 2. The van der Waals surface area contributed by atoms with Gasteiger partial charge in [-0.3, -0.25) is 4.79 Å². The summed E-state index contributed by atoms with van der Waals surface area (Å²) >= 11 is 3.35. The van der Waals surface area contributed by atoms with Crippen LogP contribution in [0.4, 0.5) is 17.6 Å². The summed E-state index contributed by atoms with van der Waals surface area (Å²) in [6.45, 7) is 0.952. The molecule has 1 saturated heterocycles. The first-order valence-electron chi connectivity index (χ1n) is 8.22. The molecule has 1 aromatic heterocycles. The topological polar surface area (TPSA) is 109 Å². The Hall–Kier alpha value is -2.54. The van der Waals surface area contributed by atoms with Crippen molar-refractivity contribution in [3.8, 4) is 5.69 Å². The van der Waals surface area contributed by atoms with Gasteiger partial charge >= 0.3 is 12.1 Å². The Morgan fingerprint density at radius 3 is 2.45 bits per heavy atom. The fourth-order valence-corrected chi connectivity index (χ4v) is 2.56. The summed E-state index contributed by atoms with van der Waals surface area (Å²) in [6, 6.07) is 6.90. The maximum Gasteiger partial charge on any atom is 0.490 e. The second-order valence-electron chi connectivity index (χ2n) is 5.89. The number of alkyl halides is 4. The summed E-state index contributed by atoms with van der Waals surface area (Å²) in [4.78, 5) is 22.4. The zero-order chi connectivity index (χ0) is 21.6. The first-order chi connectivity index (χ1) is 13.6. The maximum atomic E-state index is 13.7. The third-order valence-corrected chi connectivity index (χ3v) is 4.28. The molecule has 0 bridgehead atoms. The summed E-state index contributed by atoms with van der Waals surface area (Å²) in [6.07, 6.45) is -4.22. The predicted octanol–water partition coefficient (Wildman–Crippen LogP) is 2.09. The molecule has 0 radical (unpaired) electrons. The Bertz CT molecular complexity index is 844. The lowest BCUT2D eigenvalue weighted by Gasteiger charge is -2.27. The third kappa shape index (κ3) is 6.78. The molecule has 158 valence electrons. The van der Waals surface area contributed by atoms with Crippen LogP contribution in [0.5, 0.6) is 0 Å². The molecule has 3 N–H and O–H groups in total. The van der Waals surface area contributed by atoms with E-state index in [4.69, 9.17) is 9.90 Å². The van der Waals surface area contributed by atoms with Crippen LogP contribution in [0.15, 0.2) is 34.9 Å². The molecule has 1 aromatic carbocycles. The van der Waals surface area contributed by atoms with Crippen LogP contribution in [0.1, 0.15) is 16.9 Å². The van der Waals surface area contributed by atoms with E-state index in [2.05, 4.69) is 36.8 Å². The lowest BCUT2D eigenvalue weighted by atomic mass is 10.0. The number of hydrogen-bond donors (Lipinski definition) is 3. The quantitative estimate of drug-likeness (QED) is 0.579. The zero-order valence-electron chi connectivity index (χ0n) is 14.7. The molecule has 1 aliphatic rings. The predicted molar refractivity (Wildman–Crippen MR) is 96.4 cm³/mol. The lowest BCUT2D eigenvalue weighted by molar-refractivity contribution is -0.192. The molecule has 0 saturated carbocycles. The fourth-order valence-electron chi connectivity index (χ4n) is 2.29. The van der Waals surface area contributed by atoms with Gasteiger partial charge in [0.05, 0.1) is 17.9 Å². The number of aliphatic carboxylic acids is 1. The molecule has 0 aliphatic carbocycles. The van der Waals surface area contributed by atoms with Crippen LogP contribution in [0.25, 0.3) is 5.69 Å². The Morgan fingerprint density at radius 2 is 1.90 bits per heavy atom. The van der Waals surface area contributed by atoms with E-state index in [0.717, 1.165) is 10.2 Å². The van der Waals surface area contributed by atoms with Crippen LogP contribution in [0.3, 0.4) is 0 Å². The van der Waals surface area contributed by atoms with Gasteiger partial charge in [0.25, 0.3) is 5.91 Å². The second kappa shape index (κ2) is 9.78. The summed E-state index contributed by atoms with van der Waals surface area (Å²) < 4.78 is 46.4. The van der Waals surface area contributed by atoms with Gasteiger partial charge in [0, 0.05) is 11.0 Å². The van der Waals surface area contributed by atoms with Crippen molar-refractivity contribution in [1.82, 2.24) is 25.6 Å². The Balaban J connectivity index is 0.000000370. The average Bonchev–Trinajstić information content (AvgIpc) is 3.14. The smallest absolute Gasteiger partial charge is 0.475 e. The summed E-state index contributed by atoms with van der Waals surface area (Å²) in [7, 11) is 0. The van der Waals surface area contributed by atoms with Crippen molar-refractivity contribution in [3.63, 3.8) is 0 Å². The fraction of sp³-hybridized carbons (Fsp3) is 0.375. The monoisotopic (exact) mass is 481 g/mol. The maximum absolute atomic E-state index is 13.7. The number of carbonyl (C=O) groups excluding carboxylic acids is 1. The van der Waals surface area contributed by atoms with Crippen molar-refractivity contribution in [2.45, 2.75) is 24.8 Å². The number of aromatic nitrogens is 3. The minimum Gasteiger partial charge on any atom is -0.475 e. The molecule has 0 spiro atoms. The van der Waals surface area contributed by atoms with Crippen LogP contribution in [-0.4, -0.2) is 63.5 Å². The van der Waals surface area contributed by atoms with Gasteiger partial charge < -0.3 is 15.7 Å². The number of carbonyl (C=O) groups is 2. The van der Waals surface area contributed by atoms with Gasteiger partial charge in [0.1, 0.15) is 6.17 Å². The molecule has 2 heterocycles. The molecule has 8 nitrogen and oxygen atoms in total. The third-order valence-electron chi connectivity index (χ3n) is 3.75. The van der Waals surface area contributed by atoms with Crippen LogP contribution in [0.2, 0.25) is 0 Å². The number of piperidine rings is 1.